The molecule has 1 amide bonds. The highest BCUT2D eigenvalue weighted by atomic mass is 16.4. The Hall–Kier alpha value is -1.06. The van der Waals surface area contributed by atoms with Gasteiger partial charge < -0.3 is 10.4 Å². The van der Waals surface area contributed by atoms with Crippen LogP contribution in [0.5, 0.6) is 0 Å². The molecule has 4 nitrogen and oxygen atoms in total. The number of aliphatic carboxylic acids is 1. The smallest absolute Gasteiger partial charge is 0.303 e. The second-order valence-electron chi connectivity index (χ2n) is 7.24. The summed E-state index contributed by atoms with van der Waals surface area (Å²) in [4.78, 5) is 22.7. The van der Waals surface area contributed by atoms with Crippen LogP contribution in [0, 0.1) is 29.6 Å². The van der Waals surface area contributed by atoms with E-state index in [-0.39, 0.29) is 18.2 Å². The first-order chi connectivity index (χ1) is 9.54. The molecule has 3 saturated carbocycles. The molecule has 20 heavy (non-hydrogen) atoms. The molecule has 0 heterocycles. The first-order valence-electron chi connectivity index (χ1n) is 8.05. The maximum atomic E-state index is 12.1. The van der Waals surface area contributed by atoms with Gasteiger partial charge in [-0.3, -0.25) is 9.59 Å². The van der Waals surface area contributed by atoms with E-state index in [2.05, 4.69) is 5.32 Å². The average Bonchev–Trinajstić information content (AvgIpc) is 2.96. The summed E-state index contributed by atoms with van der Waals surface area (Å²) in [5.41, 5.74) is 0. The van der Waals surface area contributed by atoms with Crippen molar-refractivity contribution in [2.24, 2.45) is 29.6 Å². The van der Waals surface area contributed by atoms with E-state index < -0.39 is 5.97 Å². The van der Waals surface area contributed by atoms with Gasteiger partial charge in [0, 0.05) is 18.9 Å². The molecule has 3 aliphatic carbocycles. The van der Waals surface area contributed by atoms with Gasteiger partial charge in [-0.25, -0.2) is 0 Å². The fraction of sp³-hybridized carbons (Fsp3) is 0.875. The van der Waals surface area contributed by atoms with Crippen molar-refractivity contribution in [3.8, 4) is 0 Å². The minimum atomic E-state index is -0.820. The highest BCUT2D eigenvalue weighted by Gasteiger charge is 2.53. The number of amides is 1. The van der Waals surface area contributed by atoms with E-state index in [0.29, 0.717) is 18.4 Å². The van der Waals surface area contributed by atoms with Gasteiger partial charge in [0.05, 0.1) is 0 Å². The van der Waals surface area contributed by atoms with Crippen molar-refractivity contribution in [2.45, 2.75) is 57.9 Å². The van der Waals surface area contributed by atoms with Crippen molar-refractivity contribution in [1.82, 2.24) is 5.32 Å². The van der Waals surface area contributed by atoms with Gasteiger partial charge in [-0.1, -0.05) is 13.3 Å². The Morgan fingerprint density at radius 1 is 1.15 bits per heavy atom. The number of carboxylic acid groups (broad SMARTS) is 1. The van der Waals surface area contributed by atoms with E-state index in [4.69, 9.17) is 5.11 Å². The molecule has 0 aromatic rings. The van der Waals surface area contributed by atoms with E-state index >= 15 is 0 Å². The van der Waals surface area contributed by atoms with Crippen molar-refractivity contribution in [2.75, 3.05) is 0 Å². The van der Waals surface area contributed by atoms with Crippen LogP contribution in [0.25, 0.3) is 0 Å². The molecule has 0 saturated heterocycles. The molecule has 0 aromatic heterocycles. The lowest BCUT2D eigenvalue weighted by atomic mass is 9.79. The van der Waals surface area contributed by atoms with Gasteiger partial charge in [-0.2, -0.15) is 0 Å². The van der Waals surface area contributed by atoms with E-state index in [9.17, 15) is 9.59 Å². The molecule has 0 aromatic carbocycles. The van der Waals surface area contributed by atoms with Gasteiger partial charge in [0.25, 0.3) is 0 Å². The summed E-state index contributed by atoms with van der Waals surface area (Å²) in [6.45, 7) is 1.83. The Morgan fingerprint density at radius 3 is 2.65 bits per heavy atom. The summed E-state index contributed by atoms with van der Waals surface area (Å²) in [6.07, 6.45) is 7.02. The van der Waals surface area contributed by atoms with E-state index in [1.54, 1.807) is 0 Å². The Kier molecular flexibility index (Phi) is 3.74. The van der Waals surface area contributed by atoms with Gasteiger partial charge in [-0.15, -0.1) is 0 Å². The molecule has 4 heteroatoms. The van der Waals surface area contributed by atoms with Crippen LogP contribution in [0.2, 0.25) is 0 Å². The summed E-state index contributed by atoms with van der Waals surface area (Å²) in [7, 11) is 0. The lowest BCUT2D eigenvalue weighted by molar-refractivity contribution is -0.138. The molecule has 0 spiro atoms. The number of carboxylic acids is 1. The molecule has 3 fully saturated rings. The van der Waals surface area contributed by atoms with Gasteiger partial charge in [0.1, 0.15) is 0 Å². The third kappa shape index (κ3) is 2.57. The van der Waals surface area contributed by atoms with Crippen molar-refractivity contribution in [3.05, 3.63) is 0 Å². The lowest BCUT2D eigenvalue weighted by Crippen LogP contribution is -2.42. The second-order valence-corrected chi connectivity index (χ2v) is 7.24. The molecule has 0 radical (unpaired) electrons. The Balaban J connectivity index is 1.49. The SMILES string of the molecule is CC(CC(=O)O)CC(=O)NC1CC2CC1C1CCCC21. The summed E-state index contributed by atoms with van der Waals surface area (Å²) in [6, 6.07) is 0.365. The molecule has 6 atom stereocenters. The highest BCUT2D eigenvalue weighted by molar-refractivity contribution is 5.77. The van der Waals surface area contributed by atoms with Crippen molar-refractivity contribution >= 4 is 11.9 Å². The molecule has 112 valence electrons. The van der Waals surface area contributed by atoms with Crippen molar-refractivity contribution in [3.63, 3.8) is 0 Å². The normalized spacial score (nSPS) is 39.5. The van der Waals surface area contributed by atoms with Crippen molar-refractivity contribution in [1.29, 1.82) is 0 Å². The van der Waals surface area contributed by atoms with Crippen LogP contribution in [-0.4, -0.2) is 23.0 Å². The van der Waals surface area contributed by atoms with Crippen LogP contribution in [0.1, 0.15) is 51.9 Å². The monoisotopic (exact) mass is 279 g/mol. The van der Waals surface area contributed by atoms with Crippen LogP contribution in [-0.2, 0) is 9.59 Å². The minimum Gasteiger partial charge on any atom is -0.481 e. The highest BCUT2D eigenvalue weighted by Crippen LogP contribution is 2.58. The van der Waals surface area contributed by atoms with Crippen LogP contribution >= 0.6 is 0 Å². The molecular formula is C16H25NO3. The summed E-state index contributed by atoms with van der Waals surface area (Å²) in [5, 5.41) is 11.9. The van der Waals surface area contributed by atoms with E-state index in [1.807, 2.05) is 6.92 Å². The summed E-state index contributed by atoms with van der Waals surface area (Å²) >= 11 is 0. The Morgan fingerprint density at radius 2 is 1.90 bits per heavy atom. The standard InChI is InChI=1S/C16H25NO3/c1-9(6-16(19)20)5-15(18)17-14-8-10-7-13(14)12-4-2-3-11(10)12/h9-14H,2-8H2,1H3,(H,17,18)(H,19,20). The fourth-order valence-corrected chi connectivity index (χ4v) is 5.19. The molecule has 0 aliphatic heterocycles. The van der Waals surface area contributed by atoms with Crippen LogP contribution in [0.4, 0.5) is 0 Å². The lowest BCUT2D eigenvalue weighted by Gasteiger charge is -2.32. The van der Waals surface area contributed by atoms with E-state index in [1.165, 1.54) is 25.7 Å². The minimum absolute atomic E-state index is 0.0471. The number of hydrogen-bond acceptors (Lipinski definition) is 2. The van der Waals surface area contributed by atoms with Crippen LogP contribution in [0.3, 0.4) is 0 Å². The van der Waals surface area contributed by atoms with E-state index in [0.717, 1.165) is 24.2 Å². The molecular weight excluding hydrogens is 254 g/mol. The molecule has 6 unspecified atom stereocenters. The van der Waals surface area contributed by atoms with Gasteiger partial charge in [0.2, 0.25) is 5.91 Å². The summed E-state index contributed by atoms with van der Waals surface area (Å²) in [5.74, 6) is 2.49. The fourth-order valence-electron chi connectivity index (χ4n) is 5.19. The first kappa shape index (κ1) is 13.9. The zero-order chi connectivity index (χ0) is 14.3. The predicted molar refractivity (Wildman–Crippen MR) is 75.0 cm³/mol. The maximum Gasteiger partial charge on any atom is 0.303 e. The molecule has 2 bridgehead atoms. The summed E-state index contributed by atoms with van der Waals surface area (Å²) < 4.78 is 0. The number of nitrogens with one attached hydrogen (secondary N) is 1. The van der Waals surface area contributed by atoms with Crippen LogP contribution < -0.4 is 5.32 Å². The van der Waals surface area contributed by atoms with Crippen molar-refractivity contribution < 1.29 is 14.7 Å². The number of fused-ring (bicyclic) bond motifs is 5. The molecule has 2 N–H and O–H groups in total. The second kappa shape index (κ2) is 5.38. The first-order valence-corrected chi connectivity index (χ1v) is 8.05. The Labute approximate surface area is 120 Å². The average molecular weight is 279 g/mol. The largest absolute Gasteiger partial charge is 0.481 e. The van der Waals surface area contributed by atoms with Gasteiger partial charge in [-0.05, 0) is 55.3 Å². The number of carbonyl (C=O) groups excluding carboxylic acids is 1. The van der Waals surface area contributed by atoms with Crippen LogP contribution in [0.15, 0.2) is 0 Å². The molecule has 3 rings (SSSR count). The molecule has 3 aliphatic rings. The third-order valence-corrected chi connectivity index (χ3v) is 5.83. The zero-order valence-corrected chi connectivity index (χ0v) is 12.2. The Bertz CT molecular complexity index is 409. The quantitative estimate of drug-likeness (QED) is 0.812. The van der Waals surface area contributed by atoms with Gasteiger partial charge >= 0.3 is 5.97 Å². The number of rotatable bonds is 5. The number of carbonyl (C=O) groups is 2. The third-order valence-electron chi connectivity index (χ3n) is 5.83. The van der Waals surface area contributed by atoms with Gasteiger partial charge in [0.15, 0.2) is 0 Å². The zero-order valence-electron chi connectivity index (χ0n) is 12.2. The predicted octanol–water partition coefficient (Wildman–Crippen LogP) is 2.43. The number of hydrogen-bond donors (Lipinski definition) is 2. The maximum absolute atomic E-state index is 12.1. The topological polar surface area (TPSA) is 66.4 Å².